The highest BCUT2D eigenvalue weighted by Gasteiger charge is 2.27. The highest BCUT2D eigenvalue weighted by molar-refractivity contribution is 7.90. The van der Waals surface area contributed by atoms with Crippen LogP contribution in [0.25, 0.3) is 10.9 Å². The van der Waals surface area contributed by atoms with Crippen molar-refractivity contribution in [3.05, 3.63) is 65.4 Å². The number of hydrogen-bond acceptors (Lipinski definition) is 5. The second-order valence-electron chi connectivity index (χ2n) is 5.91. The molecule has 1 heterocycles. The van der Waals surface area contributed by atoms with Crippen LogP contribution in [0.5, 0.6) is 0 Å². The van der Waals surface area contributed by atoms with E-state index in [2.05, 4.69) is 0 Å². The van der Waals surface area contributed by atoms with Gasteiger partial charge < -0.3 is 9.84 Å². The summed E-state index contributed by atoms with van der Waals surface area (Å²) in [4.78, 5) is 23.6. The number of nitrogens with zero attached hydrogens (tertiary/aromatic N) is 1. The molecule has 2 aromatic carbocycles. The van der Waals surface area contributed by atoms with Crippen molar-refractivity contribution in [3.63, 3.8) is 0 Å². The van der Waals surface area contributed by atoms with E-state index in [0.717, 1.165) is 9.54 Å². The molecule has 1 aromatic heterocycles. The molecule has 1 N–H and O–H groups in total. The molecular formula is C19H17NO6S. The molecule has 0 aliphatic heterocycles. The molecule has 7 nitrogen and oxygen atoms in total. The first-order valence-corrected chi connectivity index (χ1v) is 9.58. The van der Waals surface area contributed by atoms with Crippen molar-refractivity contribution in [2.75, 3.05) is 6.61 Å². The molecule has 3 rings (SSSR count). The second kappa shape index (κ2) is 6.88. The summed E-state index contributed by atoms with van der Waals surface area (Å²) in [5.41, 5.74) is 0.893. The molecule has 0 aliphatic rings. The lowest BCUT2D eigenvalue weighted by Gasteiger charge is -2.11. The predicted octanol–water partition coefficient (Wildman–Crippen LogP) is 3.06. The van der Waals surface area contributed by atoms with Gasteiger partial charge in [0.25, 0.3) is 10.0 Å². The molecule has 8 heteroatoms. The smallest absolute Gasteiger partial charge is 0.356 e. The SMILES string of the molecule is CCOC(=O)c1cc2cc(C(=O)O)ccc2n1S(=O)(=O)c1ccc(C)cc1. The Morgan fingerprint density at radius 3 is 2.33 bits per heavy atom. The maximum atomic E-state index is 13.2. The summed E-state index contributed by atoms with van der Waals surface area (Å²) in [5, 5.41) is 9.47. The molecule has 0 spiro atoms. The number of benzene rings is 2. The number of ether oxygens (including phenoxy) is 1. The number of esters is 1. The Labute approximate surface area is 155 Å². The summed E-state index contributed by atoms with van der Waals surface area (Å²) >= 11 is 0. The summed E-state index contributed by atoms with van der Waals surface area (Å²) in [6.45, 7) is 3.52. The summed E-state index contributed by atoms with van der Waals surface area (Å²) in [6.07, 6.45) is 0. The third kappa shape index (κ3) is 3.31. The molecule has 0 fully saturated rings. The van der Waals surface area contributed by atoms with Gasteiger partial charge in [-0.15, -0.1) is 0 Å². The normalized spacial score (nSPS) is 11.5. The van der Waals surface area contributed by atoms with Gasteiger partial charge >= 0.3 is 11.9 Å². The molecule has 27 heavy (non-hydrogen) atoms. The molecule has 0 aliphatic carbocycles. The number of carbonyl (C=O) groups is 2. The minimum atomic E-state index is -4.10. The molecule has 0 radical (unpaired) electrons. The van der Waals surface area contributed by atoms with Gasteiger partial charge in [-0.3, -0.25) is 0 Å². The lowest BCUT2D eigenvalue weighted by Crippen LogP contribution is -2.19. The number of aromatic carboxylic acids is 1. The van der Waals surface area contributed by atoms with Crippen LogP contribution in [0.4, 0.5) is 0 Å². The molecule has 3 aromatic rings. The highest BCUT2D eigenvalue weighted by atomic mass is 32.2. The summed E-state index contributed by atoms with van der Waals surface area (Å²) < 4.78 is 32.3. The number of fused-ring (bicyclic) bond motifs is 1. The standard InChI is InChI=1S/C19H17NO6S/c1-3-26-19(23)17-11-14-10-13(18(21)22)6-9-16(14)20(17)27(24,25)15-7-4-12(2)5-8-15/h4-11H,3H2,1-2H3,(H,21,22). The third-order valence-electron chi connectivity index (χ3n) is 4.05. The molecule has 0 unspecified atom stereocenters. The fourth-order valence-corrected chi connectivity index (χ4v) is 4.25. The van der Waals surface area contributed by atoms with Gasteiger partial charge in [0.05, 0.1) is 22.6 Å². The molecule has 0 saturated carbocycles. The maximum Gasteiger partial charge on any atom is 0.356 e. The lowest BCUT2D eigenvalue weighted by atomic mass is 10.1. The van der Waals surface area contributed by atoms with Crippen LogP contribution in [0.15, 0.2) is 53.4 Å². The average molecular weight is 387 g/mol. The van der Waals surface area contributed by atoms with Crippen molar-refractivity contribution >= 4 is 32.9 Å². The molecule has 0 atom stereocenters. The Morgan fingerprint density at radius 1 is 1.07 bits per heavy atom. The minimum Gasteiger partial charge on any atom is -0.478 e. The van der Waals surface area contributed by atoms with Crippen molar-refractivity contribution in [2.24, 2.45) is 0 Å². The van der Waals surface area contributed by atoms with Gasteiger partial charge in [-0.1, -0.05) is 17.7 Å². The van der Waals surface area contributed by atoms with Crippen LogP contribution < -0.4 is 0 Å². The van der Waals surface area contributed by atoms with Crippen LogP contribution in [0, 0.1) is 6.92 Å². The lowest BCUT2D eigenvalue weighted by molar-refractivity contribution is 0.0518. The highest BCUT2D eigenvalue weighted by Crippen LogP contribution is 2.27. The second-order valence-corrected chi connectivity index (χ2v) is 7.70. The zero-order chi connectivity index (χ0) is 19.8. The van der Waals surface area contributed by atoms with Crippen molar-refractivity contribution in [2.45, 2.75) is 18.7 Å². The van der Waals surface area contributed by atoms with E-state index in [1.54, 1.807) is 19.1 Å². The number of rotatable bonds is 5. The van der Waals surface area contributed by atoms with Crippen LogP contribution in [0.3, 0.4) is 0 Å². The van der Waals surface area contributed by atoms with E-state index in [1.807, 2.05) is 6.92 Å². The van der Waals surface area contributed by atoms with Crippen LogP contribution in [0.2, 0.25) is 0 Å². The van der Waals surface area contributed by atoms with E-state index in [-0.39, 0.29) is 28.3 Å². The van der Waals surface area contributed by atoms with Gasteiger partial charge in [0.2, 0.25) is 0 Å². The summed E-state index contributed by atoms with van der Waals surface area (Å²) in [7, 11) is -4.10. The summed E-state index contributed by atoms with van der Waals surface area (Å²) in [6, 6.07) is 11.5. The largest absolute Gasteiger partial charge is 0.478 e. The summed E-state index contributed by atoms with van der Waals surface area (Å²) in [5.74, 6) is -1.95. The fourth-order valence-electron chi connectivity index (χ4n) is 2.75. The minimum absolute atomic E-state index is 0.0113. The van der Waals surface area contributed by atoms with E-state index in [0.29, 0.717) is 5.39 Å². The zero-order valence-electron chi connectivity index (χ0n) is 14.7. The Kier molecular flexibility index (Phi) is 4.75. The third-order valence-corrected chi connectivity index (χ3v) is 5.79. The zero-order valence-corrected chi connectivity index (χ0v) is 15.5. The maximum absolute atomic E-state index is 13.2. The van der Waals surface area contributed by atoms with E-state index < -0.39 is 22.0 Å². The van der Waals surface area contributed by atoms with Gasteiger partial charge in [-0.25, -0.2) is 22.0 Å². The van der Waals surface area contributed by atoms with Crippen LogP contribution in [0.1, 0.15) is 33.3 Å². The van der Waals surface area contributed by atoms with Crippen molar-refractivity contribution in [1.29, 1.82) is 0 Å². The van der Waals surface area contributed by atoms with Crippen LogP contribution >= 0.6 is 0 Å². The Hall–Kier alpha value is -3.13. The quantitative estimate of drug-likeness (QED) is 0.675. The first-order chi connectivity index (χ1) is 12.8. The van der Waals surface area contributed by atoms with E-state index in [4.69, 9.17) is 9.84 Å². The number of carboxylic acid groups (broad SMARTS) is 1. The Morgan fingerprint density at radius 2 is 1.74 bits per heavy atom. The van der Waals surface area contributed by atoms with Crippen molar-refractivity contribution < 1.29 is 27.9 Å². The van der Waals surface area contributed by atoms with Crippen LogP contribution in [-0.4, -0.2) is 36.0 Å². The first kappa shape index (κ1) is 18.7. The number of aromatic nitrogens is 1. The van der Waals surface area contributed by atoms with Gasteiger partial charge in [0.1, 0.15) is 5.69 Å². The van der Waals surface area contributed by atoms with Gasteiger partial charge in [0, 0.05) is 5.39 Å². The van der Waals surface area contributed by atoms with E-state index in [9.17, 15) is 18.0 Å². The van der Waals surface area contributed by atoms with Crippen molar-refractivity contribution in [3.8, 4) is 0 Å². The Bertz CT molecular complexity index is 1140. The monoisotopic (exact) mass is 387 g/mol. The molecule has 0 bridgehead atoms. The number of aryl methyl sites for hydroxylation is 1. The average Bonchev–Trinajstić information content (AvgIpc) is 3.01. The number of carboxylic acids is 1. The van der Waals surface area contributed by atoms with Gasteiger partial charge in [-0.05, 0) is 50.2 Å². The van der Waals surface area contributed by atoms with E-state index >= 15 is 0 Å². The molecule has 140 valence electrons. The van der Waals surface area contributed by atoms with Crippen LogP contribution in [-0.2, 0) is 14.8 Å². The number of carbonyl (C=O) groups excluding carboxylic acids is 1. The van der Waals surface area contributed by atoms with Gasteiger partial charge in [0.15, 0.2) is 0 Å². The fraction of sp³-hybridized carbons (Fsp3) is 0.158. The molecule has 0 amide bonds. The van der Waals surface area contributed by atoms with E-state index in [1.165, 1.54) is 36.4 Å². The van der Waals surface area contributed by atoms with Gasteiger partial charge in [-0.2, -0.15) is 0 Å². The topological polar surface area (TPSA) is 103 Å². The Balaban J connectivity index is 2.31. The van der Waals surface area contributed by atoms with Crippen molar-refractivity contribution in [1.82, 2.24) is 3.97 Å². The molecular weight excluding hydrogens is 370 g/mol. The first-order valence-electron chi connectivity index (χ1n) is 8.14. The predicted molar refractivity (Wildman–Crippen MR) is 98.6 cm³/mol. The molecule has 0 saturated heterocycles. The number of hydrogen-bond donors (Lipinski definition) is 1.